The minimum atomic E-state index is -0.574. The smallest absolute Gasteiger partial charge is 0.336 e. The first-order chi connectivity index (χ1) is 15.4. The van der Waals surface area contributed by atoms with E-state index in [-0.39, 0.29) is 18.5 Å². The molecular formula is C24H22ClN3O3S. The van der Waals surface area contributed by atoms with Crippen LogP contribution < -0.4 is 16.6 Å². The average Bonchev–Trinajstić information content (AvgIpc) is 3.26. The van der Waals surface area contributed by atoms with Crippen molar-refractivity contribution in [1.29, 1.82) is 0 Å². The summed E-state index contributed by atoms with van der Waals surface area (Å²) in [6, 6.07) is 18.2. The first-order valence-corrected chi connectivity index (χ1v) is 11.5. The van der Waals surface area contributed by atoms with Crippen molar-refractivity contribution in [3.63, 3.8) is 0 Å². The van der Waals surface area contributed by atoms with E-state index in [0.717, 1.165) is 17.4 Å². The molecule has 8 heteroatoms. The Morgan fingerprint density at radius 2 is 1.88 bits per heavy atom. The lowest BCUT2D eigenvalue weighted by atomic mass is 10.1. The van der Waals surface area contributed by atoms with Gasteiger partial charge in [-0.2, -0.15) is 0 Å². The standard InChI is InChI=1S/C24H22ClN3O3S/c1-16(10-11-17-6-3-2-4-7-17)26-21(29)15-27-20-12-13-32-22(20)23(30)28(24(27)31)19-9-5-8-18(25)14-19/h2-9,12-14,16H,10-11,15H2,1H3,(H,26,29). The molecule has 164 valence electrons. The summed E-state index contributed by atoms with van der Waals surface area (Å²) in [5.74, 6) is -0.281. The monoisotopic (exact) mass is 467 g/mol. The summed E-state index contributed by atoms with van der Waals surface area (Å²) in [5.41, 5.74) is 1.03. The molecule has 6 nitrogen and oxygen atoms in total. The van der Waals surface area contributed by atoms with E-state index in [4.69, 9.17) is 11.6 Å². The summed E-state index contributed by atoms with van der Waals surface area (Å²) in [6.07, 6.45) is 1.62. The van der Waals surface area contributed by atoms with Crippen LogP contribution in [-0.2, 0) is 17.8 Å². The molecule has 0 aliphatic heterocycles. The maximum absolute atomic E-state index is 13.3. The van der Waals surface area contributed by atoms with Gasteiger partial charge in [0.05, 0.1) is 11.2 Å². The Morgan fingerprint density at radius 1 is 1.09 bits per heavy atom. The molecule has 0 radical (unpaired) electrons. The first-order valence-electron chi connectivity index (χ1n) is 10.3. The molecule has 0 bridgehead atoms. The minimum Gasteiger partial charge on any atom is -0.352 e. The maximum Gasteiger partial charge on any atom is 0.336 e. The summed E-state index contributed by atoms with van der Waals surface area (Å²) >= 11 is 7.30. The fourth-order valence-corrected chi connectivity index (χ4v) is 4.66. The number of amides is 1. The largest absolute Gasteiger partial charge is 0.352 e. The van der Waals surface area contributed by atoms with E-state index in [1.807, 2.05) is 25.1 Å². The van der Waals surface area contributed by atoms with Crippen molar-refractivity contribution in [2.75, 3.05) is 0 Å². The van der Waals surface area contributed by atoms with Gasteiger partial charge in [-0.1, -0.05) is 48.0 Å². The highest BCUT2D eigenvalue weighted by atomic mass is 35.5. The minimum absolute atomic E-state index is 0.0600. The second-order valence-corrected chi connectivity index (χ2v) is 8.97. The van der Waals surface area contributed by atoms with Crippen LogP contribution in [0.5, 0.6) is 0 Å². The molecule has 1 atom stereocenters. The average molecular weight is 468 g/mol. The van der Waals surface area contributed by atoms with Crippen LogP contribution in [0.4, 0.5) is 0 Å². The summed E-state index contributed by atoms with van der Waals surface area (Å²) in [4.78, 5) is 39.0. The van der Waals surface area contributed by atoms with Gasteiger partial charge in [0.2, 0.25) is 5.91 Å². The van der Waals surface area contributed by atoms with Gasteiger partial charge in [0.25, 0.3) is 5.56 Å². The molecule has 4 rings (SSSR count). The van der Waals surface area contributed by atoms with Gasteiger partial charge in [-0.25, -0.2) is 9.36 Å². The molecule has 0 saturated heterocycles. The Labute approximate surface area is 193 Å². The number of benzene rings is 2. The van der Waals surface area contributed by atoms with Crippen LogP contribution in [0.1, 0.15) is 18.9 Å². The molecule has 0 aliphatic rings. The van der Waals surface area contributed by atoms with Gasteiger partial charge in [-0.3, -0.25) is 14.2 Å². The number of carbonyl (C=O) groups excluding carboxylic acids is 1. The highest BCUT2D eigenvalue weighted by molar-refractivity contribution is 7.17. The lowest BCUT2D eigenvalue weighted by Gasteiger charge is -2.16. The van der Waals surface area contributed by atoms with Gasteiger partial charge < -0.3 is 5.32 Å². The Hall–Kier alpha value is -3.16. The Balaban J connectivity index is 1.59. The van der Waals surface area contributed by atoms with Crippen LogP contribution >= 0.6 is 22.9 Å². The second-order valence-electron chi connectivity index (χ2n) is 7.62. The van der Waals surface area contributed by atoms with E-state index in [1.54, 1.807) is 35.7 Å². The molecule has 0 spiro atoms. The fraction of sp³-hybridized carbons (Fsp3) is 0.208. The molecule has 0 fully saturated rings. The van der Waals surface area contributed by atoms with E-state index >= 15 is 0 Å². The lowest BCUT2D eigenvalue weighted by molar-refractivity contribution is -0.122. The van der Waals surface area contributed by atoms with Crippen molar-refractivity contribution in [1.82, 2.24) is 14.5 Å². The summed E-state index contributed by atoms with van der Waals surface area (Å²) in [6.45, 7) is 1.76. The van der Waals surface area contributed by atoms with Crippen molar-refractivity contribution in [2.24, 2.45) is 0 Å². The number of aryl methyl sites for hydroxylation is 1. The number of carbonyl (C=O) groups is 1. The van der Waals surface area contributed by atoms with Crippen molar-refractivity contribution in [3.05, 3.63) is 97.5 Å². The Bertz CT molecular complexity index is 1370. The van der Waals surface area contributed by atoms with Crippen LogP contribution in [0.25, 0.3) is 15.9 Å². The fourth-order valence-electron chi connectivity index (χ4n) is 3.65. The summed E-state index contributed by atoms with van der Waals surface area (Å²) < 4.78 is 2.82. The van der Waals surface area contributed by atoms with Gasteiger partial charge in [0, 0.05) is 11.1 Å². The van der Waals surface area contributed by atoms with Gasteiger partial charge in [-0.15, -0.1) is 11.3 Å². The van der Waals surface area contributed by atoms with E-state index in [9.17, 15) is 14.4 Å². The third-order valence-corrected chi connectivity index (χ3v) is 6.37. The van der Waals surface area contributed by atoms with Crippen LogP contribution in [0.15, 0.2) is 75.6 Å². The molecule has 2 heterocycles. The SMILES string of the molecule is CC(CCc1ccccc1)NC(=O)Cn1c(=O)n(-c2cccc(Cl)c2)c(=O)c2sccc21. The number of fused-ring (bicyclic) bond motifs is 1. The van der Waals surface area contributed by atoms with Crippen LogP contribution in [-0.4, -0.2) is 21.1 Å². The van der Waals surface area contributed by atoms with E-state index in [1.165, 1.54) is 21.5 Å². The number of nitrogens with one attached hydrogen (secondary N) is 1. The Morgan fingerprint density at radius 3 is 2.62 bits per heavy atom. The topological polar surface area (TPSA) is 73.1 Å². The molecule has 32 heavy (non-hydrogen) atoms. The lowest BCUT2D eigenvalue weighted by Crippen LogP contribution is -2.43. The highest BCUT2D eigenvalue weighted by Crippen LogP contribution is 2.18. The van der Waals surface area contributed by atoms with Crippen molar-refractivity contribution in [3.8, 4) is 5.69 Å². The molecule has 1 unspecified atom stereocenters. The van der Waals surface area contributed by atoms with Crippen molar-refractivity contribution >= 4 is 39.1 Å². The van der Waals surface area contributed by atoms with Gasteiger partial charge in [0.1, 0.15) is 11.2 Å². The zero-order valence-corrected chi connectivity index (χ0v) is 19.0. The number of nitrogens with zero attached hydrogens (tertiary/aromatic N) is 2. The molecule has 2 aromatic heterocycles. The zero-order chi connectivity index (χ0) is 22.7. The molecule has 4 aromatic rings. The second kappa shape index (κ2) is 9.54. The molecule has 1 amide bonds. The molecular weight excluding hydrogens is 446 g/mol. The number of aromatic nitrogens is 2. The van der Waals surface area contributed by atoms with Crippen LogP contribution in [0.3, 0.4) is 0 Å². The molecule has 0 aliphatic carbocycles. The van der Waals surface area contributed by atoms with Crippen LogP contribution in [0, 0.1) is 0 Å². The third-order valence-electron chi connectivity index (χ3n) is 5.24. The third kappa shape index (κ3) is 4.69. The number of hydrogen-bond acceptors (Lipinski definition) is 4. The van der Waals surface area contributed by atoms with E-state index < -0.39 is 11.2 Å². The van der Waals surface area contributed by atoms with Crippen molar-refractivity contribution in [2.45, 2.75) is 32.4 Å². The zero-order valence-electron chi connectivity index (χ0n) is 17.5. The van der Waals surface area contributed by atoms with E-state index in [0.29, 0.717) is 20.9 Å². The highest BCUT2D eigenvalue weighted by Gasteiger charge is 2.18. The van der Waals surface area contributed by atoms with E-state index in [2.05, 4.69) is 17.4 Å². The van der Waals surface area contributed by atoms with Crippen molar-refractivity contribution < 1.29 is 4.79 Å². The number of hydrogen-bond donors (Lipinski definition) is 1. The summed E-state index contributed by atoms with van der Waals surface area (Å²) in [5, 5.41) is 5.12. The van der Waals surface area contributed by atoms with Gasteiger partial charge >= 0.3 is 5.69 Å². The van der Waals surface area contributed by atoms with Crippen LogP contribution in [0.2, 0.25) is 5.02 Å². The van der Waals surface area contributed by atoms with Gasteiger partial charge in [-0.05, 0) is 55.0 Å². The molecule has 1 N–H and O–H groups in total. The number of thiophene rings is 1. The predicted molar refractivity (Wildman–Crippen MR) is 129 cm³/mol. The Kier molecular flexibility index (Phi) is 6.58. The molecule has 0 saturated carbocycles. The summed E-state index contributed by atoms with van der Waals surface area (Å²) in [7, 11) is 0. The van der Waals surface area contributed by atoms with Gasteiger partial charge in [0.15, 0.2) is 0 Å². The quantitative estimate of drug-likeness (QED) is 0.446. The maximum atomic E-state index is 13.3. The molecule has 2 aromatic carbocycles. The number of halogens is 1. The number of rotatable bonds is 7. The predicted octanol–water partition coefficient (Wildman–Crippen LogP) is 4.00. The first kappa shape index (κ1) is 22.0. The normalized spacial score (nSPS) is 12.1.